The molecule has 0 spiro atoms. The molecule has 0 aliphatic rings. The largest absolute Gasteiger partial charge is 0.419 e. The van der Waals surface area contributed by atoms with Crippen LogP contribution in [0.4, 0.5) is 23.2 Å². The van der Waals surface area contributed by atoms with E-state index in [0.29, 0.717) is 6.54 Å². The van der Waals surface area contributed by atoms with Crippen molar-refractivity contribution in [1.29, 1.82) is 0 Å². The molecule has 1 nitrogen and oxygen atoms in total. The second-order valence-electron chi connectivity index (χ2n) is 4.26. The van der Waals surface area contributed by atoms with Gasteiger partial charge >= 0.3 is 6.18 Å². The van der Waals surface area contributed by atoms with Gasteiger partial charge in [0.1, 0.15) is 5.82 Å². The van der Waals surface area contributed by atoms with Crippen LogP contribution in [0.15, 0.2) is 30.9 Å². The first-order valence-electron chi connectivity index (χ1n) is 6.16. The average Bonchev–Trinajstić information content (AvgIpc) is 2.34. The third-order valence-electron chi connectivity index (χ3n) is 2.69. The van der Waals surface area contributed by atoms with Crippen molar-refractivity contribution in [3.8, 4) is 0 Å². The van der Waals surface area contributed by atoms with Gasteiger partial charge in [0.2, 0.25) is 0 Å². The van der Waals surface area contributed by atoms with Crippen LogP contribution in [0.3, 0.4) is 0 Å². The zero-order valence-electron chi connectivity index (χ0n) is 10.6. The molecule has 0 aliphatic heterocycles. The summed E-state index contributed by atoms with van der Waals surface area (Å²) in [6.45, 7) is 4.18. The molecule has 0 saturated heterocycles. The summed E-state index contributed by atoms with van der Waals surface area (Å²) < 4.78 is 50.5. The van der Waals surface area contributed by atoms with Crippen molar-refractivity contribution in [3.63, 3.8) is 0 Å². The number of nitrogens with one attached hydrogen (secondary N) is 1. The van der Waals surface area contributed by atoms with Crippen molar-refractivity contribution >= 4 is 5.69 Å². The molecule has 0 unspecified atom stereocenters. The number of allylic oxidation sites excluding steroid dienone is 1. The number of rotatable bonds is 7. The highest BCUT2D eigenvalue weighted by atomic mass is 19.4. The topological polar surface area (TPSA) is 12.0 Å². The lowest BCUT2D eigenvalue weighted by Crippen LogP contribution is -2.10. The summed E-state index contributed by atoms with van der Waals surface area (Å²) in [5.74, 6) is -1.25. The van der Waals surface area contributed by atoms with Crippen molar-refractivity contribution < 1.29 is 17.6 Å². The number of halogens is 4. The average molecular weight is 275 g/mol. The van der Waals surface area contributed by atoms with E-state index in [9.17, 15) is 17.6 Å². The number of hydrogen-bond donors (Lipinski definition) is 1. The maximum atomic E-state index is 13.0. The first-order valence-corrected chi connectivity index (χ1v) is 6.16. The number of hydrogen-bond acceptors (Lipinski definition) is 1. The van der Waals surface area contributed by atoms with Crippen LogP contribution in [0.2, 0.25) is 0 Å². The van der Waals surface area contributed by atoms with Gasteiger partial charge < -0.3 is 5.32 Å². The molecule has 106 valence electrons. The number of benzene rings is 1. The van der Waals surface area contributed by atoms with Crippen molar-refractivity contribution in [2.24, 2.45) is 0 Å². The van der Waals surface area contributed by atoms with Gasteiger partial charge in [0, 0.05) is 12.2 Å². The Morgan fingerprint density at radius 1 is 1.16 bits per heavy atom. The van der Waals surface area contributed by atoms with E-state index in [4.69, 9.17) is 0 Å². The van der Waals surface area contributed by atoms with Crippen LogP contribution in [0.25, 0.3) is 0 Å². The van der Waals surface area contributed by atoms with Crippen LogP contribution in [0.1, 0.15) is 31.2 Å². The highest BCUT2D eigenvalue weighted by Crippen LogP contribution is 2.32. The van der Waals surface area contributed by atoms with Gasteiger partial charge in [-0.2, -0.15) is 13.2 Å². The SMILES string of the molecule is C=CCCCCCNc1ccc(F)c(C(F)(F)F)c1. The molecule has 0 aliphatic carbocycles. The van der Waals surface area contributed by atoms with Gasteiger partial charge in [-0.15, -0.1) is 6.58 Å². The van der Waals surface area contributed by atoms with Crippen LogP contribution < -0.4 is 5.32 Å². The van der Waals surface area contributed by atoms with Crippen molar-refractivity contribution in [3.05, 3.63) is 42.2 Å². The van der Waals surface area contributed by atoms with Gasteiger partial charge in [-0.3, -0.25) is 0 Å². The molecule has 0 atom stereocenters. The second kappa shape index (κ2) is 7.16. The number of alkyl halides is 3. The molecule has 0 amide bonds. The van der Waals surface area contributed by atoms with Crippen LogP contribution in [0.5, 0.6) is 0 Å². The number of unbranched alkanes of at least 4 members (excludes halogenated alkanes) is 3. The van der Waals surface area contributed by atoms with E-state index < -0.39 is 17.6 Å². The summed E-state index contributed by atoms with van der Waals surface area (Å²) in [5, 5.41) is 2.87. The molecular weight excluding hydrogens is 258 g/mol. The summed E-state index contributed by atoms with van der Waals surface area (Å²) in [4.78, 5) is 0. The Kier molecular flexibility index (Phi) is 5.86. The van der Waals surface area contributed by atoms with E-state index in [1.807, 2.05) is 6.08 Å². The van der Waals surface area contributed by atoms with E-state index in [1.54, 1.807) is 0 Å². The summed E-state index contributed by atoms with van der Waals surface area (Å²) in [7, 11) is 0. The summed E-state index contributed by atoms with van der Waals surface area (Å²) in [6, 6.07) is 2.95. The molecule has 0 heterocycles. The van der Waals surface area contributed by atoms with Crippen molar-refractivity contribution in [2.45, 2.75) is 31.9 Å². The van der Waals surface area contributed by atoms with Crippen LogP contribution in [-0.4, -0.2) is 6.54 Å². The Morgan fingerprint density at radius 2 is 1.89 bits per heavy atom. The minimum atomic E-state index is -4.66. The quantitative estimate of drug-likeness (QED) is 0.419. The molecule has 0 aromatic heterocycles. The van der Waals surface area contributed by atoms with E-state index in [1.165, 1.54) is 6.07 Å². The zero-order chi connectivity index (χ0) is 14.3. The van der Waals surface area contributed by atoms with Crippen LogP contribution >= 0.6 is 0 Å². The summed E-state index contributed by atoms with van der Waals surface area (Å²) >= 11 is 0. The van der Waals surface area contributed by atoms with Gasteiger partial charge in [0.25, 0.3) is 0 Å². The molecule has 0 fully saturated rings. The lowest BCUT2D eigenvalue weighted by atomic mass is 10.1. The standard InChI is InChI=1S/C14H17F4N/c1-2-3-4-5-6-9-19-11-7-8-13(15)12(10-11)14(16,17)18/h2,7-8,10,19H,1,3-6,9H2. The molecule has 1 aromatic carbocycles. The smallest absolute Gasteiger partial charge is 0.385 e. The fourth-order valence-corrected chi connectivity index (χ4v) is 1.68. The van der Waals surface area contributed by atoms with E-state index in [-0.39, 0.29) is 5.69 Å². The summed E-state index contributed by atoms with van der Waals surface area (Å²) in [5.41, 5.74) is -0.943. The molecule has 0 saturated carbocycles. The van der Waals surface area contributed by atoms with Crippen molar-refractivity contribution in [1.82, 2.24) is 0 Å². The molecular formula is C14H17F4N. The monoisotopic (exact) mass is 275 g/mol. The Balaban J connectivity index is 2.49. The maximum Gasteiger partial charge on any atom is 0.419 e. The predicted molar refractivity (Wildman–Crippen MR) is 68.6 cm³/mol. The zero-order valence-corrected chi connectivity index (χ0v) is 10.6. The number of anilines is 1. The Labute approximate surface area is 110 Å². The van der Waals surface area contributed by atoms with Gasteiger partial charge in [-0.1, -0.05) is 12.5 Å². The van der Waals surface area contributed by atoms with Gasteiger partial charge in [-0.25, -0.2) is 4.39 Å². The molecule has 1 aromatic rings. The molecule has 1 N–H and O–H groups in total. The van der Waals surface area contributed by atoms with E-state index in [2.05, 4.69) is 11.9 Å². The molecule has 1 rings (SSSR count). The second-order valence-corrected chi connectivity index (χ2v) is 4.26. The van der Waals surface area contributed by atoms with Crippen molar-refractivity contribution in [2.75, 3.05) is 11.9 Å². The van der Waals surface area contributed by atoms with Gasteiger partial charge in [0.15, 0.2) is 0 Å². The van der Waals surface area contributed by atoms with E-state index in [0.717, 1.165) is 37.8 Å². The fourth-order valence-electron chi connectivity index (χ4n) is 1.68. The molecule has 5 heteroatoms. The lowest BCUT2D eigenvalue weighted by Gasteiger charge is -2.11. The highest BCUT2D eigenvalue weighted by Gasteiger charge is 2.34. The minimum Gasteiger partial charge on any atom is -0.385 e. The third kappa shape index (κ3) is 5.32. The first-order chi connectivity index (χ1) is 8.95. The maximum absolute atomic E-state index is 13.0. The van der Waals surface area contributed by atoms with Gasteiger partial charge in [0.05, 0.1) is 5.56 Å². The lowest BCUT2D eigenvalue weighted by molar-refractivity contribution is -0.139. The molecule has 0 bridgehead atoms. The predicted octanol–water partition coefficient (Wildman–Crippen LogP) is 5.00. The Morgan fingerprint density at radius 3 is 2.53 bits per heavy atom. The van der Waals surface area contributed by atoms with Crippen LogP contribution in [0, 0.1) is 5.82 Å². The minimum absolute atomic E-state index is 0.289. The fraction of sp³-hybridized carbons (Fsp3) is 0.429. The van der Waals surface area contributed by atoms with Crippen LogP contribution in [-0.2, 0) is 6.18 Å². The Bertz CT molecular complexity index is 412. The van der Waals surface area contributed by atoms with Gasteiger partial charge in [-0.05, 0) is 37.5 Å². The third-order valence-corrected chi connectivity index (χ3v) is 2.69. The summed E-state index contributed by atoms with van der Waals surface area (Å²) in [6.07, 6.45) is 0.963. The van der Waals surface area contributed by atoms with E-state index >= 15 is 0 Å². The Hall–Kier alpha value is -1.52. The first kappa shape index (κ1) is 15.5. The normalized spacial score (nSPS) is 11.4. The molecule has 0 radical (unpaired) electrons. The molecule has 19 heavy (non-hydrogen) atoms. The highest BCUT2D eigenvalue weighted by molar-refractivity contribution is 5.47.